The van der Waals surface area contributed by atoms with E-state index in [2.05, 4.69) is 250 Å². The Labute approximate surface area is 930 Å². The second-order valence-electron chi connectivity index (χ2n) is 25.4. The van der Waals surface area contributed by atoms with Gasteiger partial charge in [-0.1, -0.05) is 563 Å². The van der Waals surface area contributed by atoms with E-state index in [1.807, 2.05) is 249 Å². The van der Waals surface area contributed by atoms with Crippen LogP contribution >= 0.6 is 0 Å². The Hall–Kier alpha value is 2.88. The molecule has 0 spiro atoms. The summed E-state index contributed by atoms with van der Waals surface area (Å²) in [6, 6.07) is 33.4. The van der Waals surface area contributed by atoms with Gasteiger partial charge in [-0.25, -0.2) is 0 Å². The molecule has 8 atom stereocenters. The first-order valence-corrected chi connectivity index (χ1v) is 49.4. The smallest absolute Gasteiger partial charge is 0.00506 e. The van der Waals surface area contributed by atoms with Crippen molar-refractivity contribution in [3.05, 3.63) is 194 Å². The summed E-state index contributed by atoms with van der Waals surface area (Å²) in [5.74, 6) is 11.3. The fourth-order valence-corrected chi connectivity index (χ4v) is 16.0. The minimum absolute atomic E-state index is 0. The van der Waals surface area contributed by atoms with Gasteiger partial charge in [-0.15, -0.1) is 0 Å². The van der Waals surface area contributed by atoms with Gasteiger partial charge in [0.05, 0.1) is 0 Å². The summed E-state index contributed by atoms with van der Waals surface area (Å²) < 4.78 is 0. The van der Waals surface area contributed by atoms with Gasteiger partial charge in [0.25, 0.3) is 0 Å². The molecule has 14 rings (SSSR count). The fraction of sp³-hybridized carbons (Fsp3) is 0.679. The van der Waals surface area contributed by atoms with Crippen LogP contribution in [0.25, 0.3) is 21.5 Å². The molecule has 4 aromatic carbocycles. The normalized spacial score (nSPS) is 21.1. The molecule has 0 amide bonds. The number of hydrogen-bond donors (Lipinski definition) is 0. The second kappa shape index (κ2) is 133. The molecule has 10 aliphatic rings. The summed E-state index contributed by atoms with van der Waals surface area (Å²) >= 11 is 0. The Morgan fingerprint density at radius 3 is 0.407 bits per heavy atom. The Balaban J connectivity index is -0.0000000580. The van der Waals surface area contributed by atoms with E-state index in [0.717, 1.165) is 47.3 Å². The summed E-state index contributed by atoms with van der Waals surface area (Å²) in [6.07, 6.45) is 62.0. The van der Waals surface area contributed by atoms with Crippen molar-refractivity contribution in [2.45, 2.75) is 420 Å². The molecule has 10 aliphatic carbocycles. The van der Waals surface area contributed by atoms with E-state index in [1.54, 1.807) is 51.4 Å². The number of rotatable bonds is 0. The standard InChI is InChI=1S/2C15H26.2C10H10.2C10H8.2C3H8.18C2H6.6Ar/c2*1-15(2)13-9-5-3-7-11(13)12-8-4-6-10-14(12)15;4*1-2-6-10-8-4-3-7-9(10)5-1;2*1-3-2;18*1-2;;;;;;/h2*11-14H,3-10H2,1-2H3;2*1-10H;2*1-8H;2*3H2,1-2H3;18*1-2H3;;;;;;. The molecule has 6 heteroatoms. The molecular weight excluding hydrogens is 1580 g/mol. The molecule has 0 nitrogen and oxygen atoms in total. The van der Waals surface area contributed by atoms with Crippen LogP contribution in [0.3, 0.4) is 0 Å². The van der Waals surface area contributed by atoms with E-state index in [0.29, 0.717) is 34.5 Å². The Bertz CT molecular complexity index is 2120. The van der Waals surface area contributed by atoms with E-state index in [4.69, 9.17) is 0 Å². The monoisotopic (exact) mass is 1800 g/mol. The van der Waals surface area contributed by atoms with Crippen LogP contribution in [0.4, 0.5) is 0 Å². The van der Waals surface area contributed by atoms with E-state index < -0.39 is 0 Å². The third kappa shape index (κ3) is 72.6. The Kier molecular flexibility index (Phi) is 185. The zero-order valence-electron chi connectivity index (χ0n) is 87.3. The van der Waals surface area contributed by atoms with Gasteiger partial charge < -0.3 is 0 Å². The first-order valence-electron chi connectivity index (χ1n) is 49.4. The van der Waals surface area contributed by atoms with Crippen molar-refractivity contribution in [2.75, 3.05) is 0 Å². The van der Waals surface area contributed by atoms with E-state index >= 15 is 0 Å². The molecular formula is C112H212Ar6. The minimum atomic E-state index is 0. The number of allylic oxidation sites excluding steroid dienone is 16. The van der Waals surface area contributed by atoms with Gasteiger partial charge in [0.2, 0.25) is 0 Å². The van der Waals surface area contributed by atoms with Crippen LogP contribution in [-0.4, -0.2) is 0 Å². The van der Waals surface area contributed by atoms with Crippen molar-refractivity contribution in [2.24, 2.45) is 81.8 Å². The summed E-state index contributed by atoms with van der Waals surface area (Å²) in [7, 11) is 0. The van der Waals surface area contributed by atoms with Gasteiger partial charge in [0, 0.05) is 250 Å². The maximum absolute atomic E-state index is 2.59. The summed E-state index contributed by atoms with van der Waals surface area (Å²) in [6.45, 7) is 90.9. The molecule has 0 bridgehead atoms. The van der Waals surface area contributed by atoms with E-state index in [1.165, 1.54) is 85.8 Å². The van der Waals surface area contributed by atoms with Crippen LogP contribution in [0.15, 0.2) is 194 Å². The molecule has 0 aromatic heterocycles. The first-order chi connectivity index (χ1) is 55.1. The average Bonchev–Trinajstić information content (AvgIpc) is 1.60. The minimum Gasteiger partial charge on any atom is -0.0767 e. The van der Waals surface area contributed by atoms with Gasteiger partial charge in [0.1, 0.15) is 0 Å². The van der Waals surface area contributed by atoms with Crippen molar-refractivity contribution in [1.82, 2.24) is 0 Å². The van der Waals surface area contributed by atoms with Gasteiger partial charge in [-0.05, 0) is 131 Å². The van der Waals surface area contributed by atoms with Crippen LogP contribution in [0.5, 0.6) is 0 Å². The molecule has 4 aromatic rings. The number of fused-ring (bicyclic) bond motifs is 10. The molecule has 0 saturated heterocycles. The maximum atomic E-state index is 2.59. The fourth-order valence-electron chi connectivity index (χ4n) is 16.0. The molecule has 0 radical (unpaired) electrons. The van der Waals surface area contributed by atoms with Gasteiger partial charge in [0.15, 0.2) is 0 Å². The molecule has 118 heavy (non-hydrogen) atoms. The molecule has 708 valence electrons. The molecule has 6 fully saturated rings. The van der Waals surface area contributed by atoms with Crippen LogP contribution in [0, 0.1) is 308 Å². The first kappa shape index (κ1) is 164. The molecule has 8 unspecified atom stereocenters. The molecule has 6 saturated carbocycles. The average molecular weight is 1800 g/mol. The van der Waals surface area contributed by atoms with Crippen molar-refractivity contribution in [3.8, 4) is 0 Å². The number of benzene rings is 4. The third-order valence-electron chi connectivity index (χ3n) is 19.5. The van der Waals surface area contributed by atoms with Crippen LogP contribution in [-0.2, 0) is 0 Å². The Morgan fingerprint density at radius 2 is 0.297 bits per heavy atom. The van der Waals surface area contributed by atoms with Crippen molar-refractivity contribution < 1.29 is 226 Å². The van der Waals surface area contributed by atoms with Crippen molar-refractivity contribution in [3.63, 3.8) is 0 Å². The van der Waals surface area contributed by atoms with E-state index in [9.17, 15) is 0 Å². The molecule has 0 heterocycles. The Morgan fingerprint density at radius 1 is 0.195 bits per heavy atom. The van der Waals surface area contributed by atoms with Gasteiger partial charge in [-0.2, -0.15) is 0 Å². The largest absolute Gasteiger partial charge is 0.0767 e. The molecule has 0 N–H and O–H groups in total. The SMILES string of the molecule is C1=CC2C=CC=CC2C=C1.C1=CC2C=CC=CC2C=C1.CC.CC.CC.CC.CC.CC.CC.CC.CC.CC.CC.CC.CC.CC.CC.CC.CC.CC.CC1(C)C2CCCCC2C2CCCCC21.CC1(C)C2CCCCC2C2CCCCC21.CCC.CCC.[Ar].[Ar].[Ar].[Ar].[Ar].[Ar].c1ccc2ccccc2c1.c1ccc2ccccc2c1. The van der Waals surface area contributed by atoms with Gasteiger partial charge in [-0.3, -0.25) is 0 Å². The summed E-state index contributed by atoms with van der Waals surface area (Å²) in [4.78, 5) is 0. The van der Waals surface area contributed by atoms with Crippen molar-refractivity contribution in [1.29, 1.82) is 0 Å². The maximum Gasteiger partial charge on any atom is 0.00506 e. The summed E-state index contributed by atoms with van der Waals surface area (Å²) in [5.41, 5.74) is 1.35. The third-order valence-corrected chi connectivity index (χ3v) is 19.5. The number of hydrogen-bond acceptors (Lipinski definition) is 0. The molecule has 0 aliphatic heterocycles. The van der Waals surface area contributed by atoms with Crippen molar-refractivity contribution >= 4 is 21.5 Å². The predicted molar refractivity (Wildman–Crippen MR) is 541 cm³/mol. The second-order valence-corrected chi connectivity index (χ2v) is 25.4. The van der Waals surface area contributed by atoms with Crippen LogP contribution in [0.1, 0.15) is 420 Å². The van der Waals surface area contributed by atoms with Crippen LogP contribution in [0.2, 0.25) is 0 Å². The zero-order valence-corrected chi connectivity index (χ0v) is 91.5. The van der Waals surface area contributed by atoms with Crippen LogP contribution < -0.4 is 0 Å². The predicted octanol–water partition coefficient (Wildman–Crippen LogP) is 41.2. The zero-order chi connectivity index (χ0) is 89.6. The van der Waals surface area contributed by atoms with E-state index in [-0.39, 0.29) is 226 Å². The topological polar surface area (TPSA) is 0 Å². The van der Waals surface area contributed by atoms with Gasteiger partial charge >= 0.3 is 0 Å². The quantitative estimate of drug-likeness (QED) is 0.165. The summed E-state index contributed by atoms with van der Waals surface area (Å²) in [5, 5.41) is 5.24.